The predicted octanol–water partition coefficient (Wildman–Crippen LogP) is 4.50. The van der Waals surface area contributed by atoms with E-state index in [2.05, 4.69) is 10.2 Å². The van der Waals surface area contributed by atoms with E-state index in [1.165, 1.54) is 5.56 Å². The minimum atomic E-state index is -0.131. The van der Waals surface area contributed by atoms with Crippen molar-refractivity contribution < 1.29 is 14.3 Å². The molecule has 2 aromatic rings. The molecule has 0 atom stereocenters. The molecule has 2 aliphatic heterocycles. The summed E-state index contributed by atoms with van der Waals surface area (Å²) in [5.74, 6) is 3.62. The summed E-state index contributed by atoms with van der Waals surface area (Å²) >= 11 is 8.49. The fourth-order valence-electron chi connectivity index (χ4n) is 3.90. The molecule has 8 heteroatoms. The Balaban J connectivity index is 1.44. The maximum absolute atomic E-state index is 12.9. The summed E-state index contributed by atoms with van der Waals surface area (Å²) in [4.78, 5) is 17.0. The first-order chi connectivity index (χ1) is 14.6. The van der Waals surface area contributed by atoms with Crippen LogP contribution in [-0.2, 0) is 13.0 Å². The van der Waals surface area contributed by atoms with Crippen LogP contribution in [0, 0.1) is 0 Å². The Morgan fingerprint density at radius 1 is 1.03 bits per heavy atom. The zero-order valence-corrected chi connectivity index (χ0v) is 18.8. The lowest BCUT2D eigenvalue weighted by Crippen LogP contribution is -2.39. The molecule has 0 unspecified atom stereocenters. The van der Waals surface area contributed by atoms with Crippen molar-refractivity contribution in [2.75, 3.05) is 55.6 Å². The van der Waals surface area contributed by atoms with Crippen LogP contribution < -0.4 is 19.7 Å². The van der Waals surface area contributed by atoms with Crippen molar-refractivity contribution in [1.29, 1.82) is 0 Å². The third kappa shape index (κ3) is 4.42. The van der Waals surface area contributed by atoms with Crippen LogP contribution in [-0.4, -0.2) is 56.3 Å². The lowest BCUT2D eigenvalue weighted by Gasteiger charge is -2.30. The highest BCUT2D eigenvalue weighted by Gasteiger charge is 2.23. The van der Waals surface area contributed by atoms with E-state index in [1.807, 2.05) is 42.1 Å². The normalized spacial score (nSPS) is 16.1. The van der Waals surface area contributed by atoms with Crippen LogP contribution in [0.2, 0.25) is 5.02 Å². The maximum Gasteiger partial charge on any atom is 0.322 e. The van der Waals surface area contributed by atoms with E-state index in [0.717, 1.165) is 48.0 Å². The molecule has 2 amide bonds. The molecule has 0 aromatic heterocycles. The maximum atomic E-state index is 12.9. The lowest BCUT2D eigenvalue weighted by atomic mass is 9.99. The molecule has 0 spiro atoms. The van der Waals surface area contributed by atoms with Crippen molar-refractivity contribution in [3.63, 3.8) is 0 Å². The lowest BCUT2D eigenvalue weighted by molar-refractivity contribution is 0.206. The second-order valence-electron chi connectivity index (χ2n) is 7.34. The number of anilines is 2. The van der Waals surface area contributed by atoms with Crippen molar-refractivity contribution >= 4 is 40.8 Å². The monoisotopic (exact) mass is 447 g/mol. The molecule has 0 saturated carbocycles. The number of hydrogen-bond acceptors (Lipinski definition) is 5. The van der Waals surface area contributed by atoms with E-state index in [4.69, 9.17) is 21.1 Å². The first-order valence-corrected chi connectivity index (χ1v) is 11.5. The SMILES string of the molecule is COc1cc2c(cc1OC)CN(C(=O)Nc1ccc(N3CCSCC3)c(Cl)c1)CC2. The van der Waals surface area contributed by atoms with Gasteiger partial charge in [0.2, 0.25) is 0 Å². The molecule has 6 nitrogen and oxygen atoms in total. The number of urea groups is 1. The van der Waals surface area contributed by atoms with Crippen LogP contribution in [0.5, 0.6) is 11.5 Å². The van der Waals surface area contributed by atoms with Crippen molar-refractivity contribution in [2.45, 2.75) is 13.0 Å². The Hall–Kier alpha value is -2.25. The van der Waals surface area contributed by atoms with Crippen LogP contribution in [0.3, 0.4) is 0 Å². The van der Waals surface area contributed by atoms with Gasteiger partial charge < -0.3 is 24.6 Å². The molecule has 2 aliphatic rings. The fraction of sp³-hybridized carbons (Fsp3) is 0.409. The second kappa shape index (κ2) is 9.27. The van der Waals surface area contributed by atoms with Gasteiger partial charge in [-0.25, -0.2) is 4.79 Å². The van der Waals surface area contributed by atoms with Gasteiger partial charge >= 0.3 is 6.03 Å². The highest BCUT2D eigenvalue weighted by Crippen LogP contribution is 2.34. The molecule has 4 rings (SSSR count). The topological polar surface area (TPSA) is 54.0 Å². The van der Waals surface area contributed by atoms with Gasteiger partial charge in [0.15, 0.2) is 11.5 Å². The van der Waals surface area contributed by atoms with Gasteiger partial charge in [-0.2, -0.15) is 11.8 Å². The Kier molecular flexibility index (Phi) is 6.49. The molecule has 30 heavy (non-hydrogen) atoms. The summed E-state index contributed by atoms with van der Waals surface area (Å²) in [6.45, 7) is 3.17. The van der Waals surface area contributed by atoms with Gasteiger partial charge in [-0.05, 0) is 47.9 Å². The number of nitrogens with zero attached hydrogens (tertiary/aromatic N) is 2. The number of benzene rings is 2. The Morgan fingerprint density at radius 2 is 1.73 bits per heavy atom. The highest BCUT2D eigenvalue weighted by molar-refractivity contribution is 7.99. The molecule has 1 saturated heterocycles. The number of nitrogens with one attached hydrogen (secondary N) is 1. The molecule has 0 aliphatic carbocycles. The number of amides is 2. The number of fused-ring (bicyclic) bond motifs is 1. The van der Waals surface area contributed by atoms with Gasteiger partial charge in [0.05, 0.1) is 24.9 Å². The zero-order chi connectivity index (χ0) is 21.1. The predicted molar refractivity (Wildman–Crippen MR) is 124 cm³/mol. The third-order valence-electron chi connectivity index (χ3n) is 5.56. The van der Waals surface area contributed by atoms with Gasteiger partial charge in [-0.15, -0.1) is 0 Å². The van der Waals surface area contributed by atoms with Crippen LogP contribution in [0.4, 0.5) is 16.2 Å². The summed E-state index contributed by atoms with van der Waals surface area (Å²) in [5.41, 5.74) is 4.00. The second-order valence-corrected chi connectivity index (χ2v) is 8.98. The molecular weight excluding hydrogens is 422 g/mol. The largest absolute Gasteiger partial charge is 0.493 e. The molecule has 160 valence electrons. The van der Waals surface area contributed by atoms with Crippen molar-refractivity contribution in [2.24, 2.45) is 0 Å². The summed E-state index contributed by atoms with van der Waals surface area (Å²) in [6, 6.07) is 9.58. The number of ether oxygens (including phenoxy) is 2. The van der Waals surface area contributed by atoms with Gasteiger partial charge in [0.1, 0.15) is 0 Å². The number of carbonyl (C=O) groups is 1. The molecule has 2 aromatic carbocycles. The number of thioether (sulfide) groups is 1. The van der Waals surface area contributed by atoms with E-state index in [-0.39, 0.29) is 6.03 Å². The van der Waals surface area contributed by atoms with E-state index in [9.17, 15) is 4.79 Å². The van der Waals surface area contributed by atoms with E-state index >= 15 is 0 Å². The van der Waals surface area contributed by atoms with E-state index in [0.29, 0.717) is 29.5 Å². The Morgan fingerprint density at radius 3 is 2.40 bits per heavy atom. The summed E-state index contributed by atoms with van der Waals surface area (Å²) in [5, 5.41) is 3.66. The molecule has 2 heterocycles. The van der Waals surface area contributed by atoms with Crippen molar-refractivity contribution in [3.8, 4) is 11.5 Å². The average molecular weight is 448 g/mol. The minimum Gasteiger partial charge on any atom is -0.493 e. The van der Waals surface area contributed by atoms with Gasteiger partial charge in [0, 0.05) is 43.4 Å². The van der Waals surface area contributed by atoms with E-state index < -0.39 is 0 Å². The Bertz CT molecular complexity index is 934. The first-order valence-electron chi connectivity index (χ1n) is 10.0. The average Bonchev–Trinajstić information content (AvgIpc) is 2.78. The first kappa shape index (κ1) is 21.0. The summed E-state index contributed by atoms with van der Waals surface area (Å²) in [6.07, 6.45) is 0.774. The summed E-state index contributed by atoms with van der Waals surface area (Å²) in [7, 11) is 3.25. The standard InChI is InChI=1S/C22H26ClN3O3S/c1-28-20-11-15-5-6-26(14-16(15)12-21(20)29-2)22(27)24-17-3-4-19(18(23)13-17)25-7-9-30-10-8-25/h3-4,11-13H,5-10,14H2,1-2H3,(H,24,27). The molecule has 0 radical (unpaired) electrons. The van der Waals surface area contributed by atoms with Gasteiger partial charge in [0.25, 0.3) is 0 Å². The van der Waals surface area contributed by atoms with Crippen molar-refractivity contribution in [3.05, 3.63) is 46.5 Å². The third-order valence-corrected chi connectivity index (χ3v) is 6.80. The summed E-state index contributed by atoms with van der Waals surface area (Å²) < 4.78 is 10.8. The van der Waals surface area contributed by atoms with Crippen molar-refractivity contribution in [1.82, 2.24) is 4.90 Å². The number of carbonyl (C=O) groups excluding carboxylic acids is 1. The molecular formula is C22H26ClN3O3S. The Labute approximate surface area is 186 Å². The number of halogens is 1. The van der Waals surface area contributed by atoms with Crippen LogP contribution in [0.15, 0.2) is 30.3 Å². The van der Waals surface area contributed by atoms with Crippen LogP contribution >= 0.6 is 23.4 Å². The molecule has 1 fully saturated rings. The van der Waals surface area contributed by atoms with Gasteiger partial charge in [-0.3, -0.25) is 0 Å². The smallest absolute Gasteiger partial charge is 0.322 e. The number of rotatable bonds is 4. The van der Waals surface area contributed by atoms with E-state index in [1.54, 1.807) is 19.1 Å². The highest BCUT2D eigenvalue weighted by atomic mass is 35.5. The number of hydrogen-bond donors (Lipinski definition) is 1. The van der Waals surface area contributed by atoms with Crippen LogP contribution in [0.1, 0.15) is 11.1 Å². The molecule has 1 N–H and O–H groups in total. The zero-order valence-electron chi connectivity index (χ0n) is 17.2. The number of methoxy groups -OCH3 is 2. The quantitative estimate of drug-likeness (QED) is 0.747. The fourth-order valence-corrected chi connectivity index (χ4v) is 5.11. The molecule has 0 bridgehead atoms. The van der Waals surface area contributed by atoms with Gasteiger partial charge in [-0.1, -0.05) is 11.6 Å². The van der Waals surface area contributed by atoms with Crippen LogP contribution in [0.25, 0.3) is 0 Å². The minimum absolute atomic E-state index is 0.131.